The first-order valence-electron chi connectivity index (χ1n) is 6.97. The second-order valence-electron chi connectivity index (χ2n) is 4.77. The maximum atomic E-state index is 12.0. The summed E-state index contributed by atoms with van der Waals surface area (Å²) in [6.45, 7) is 5.11. The number of aryl methyl sites for hydroxylation is 1. The Balaban J connectivity index is 3.33. The highest BCUT2D eigenvalue weighted by Gasteiger charge is 2.25. The SMILES string of the molecule is CC=COOC(=O)c1ccc(CC)c(CC(C)O)c1C(=O)O. The zero-order valence-corrected chi connectivity index (χ0v) is 12.8. The molecular formula is C16H20O6. The van der Waals surface area contributed by atoms with E-state index in [4.69, 9.17) is 0 Å². The Morgan fingerprint density at radius 3 is 2.55 bits per heavy atom. The molecule has 0 fully saturated rings. The van der Waals surface area contributed by atoms with Crippen LogP contribution in [0.25, 0.3) is 0 Å². The molecule has 1 aromatic carbocycles. The molecule has 0 radical (unpaired) electrons. The van der Waals surface area contributed by atoms with E-state index < -0.39 is 18.0 Å². The maximum Gasteiger partial charge on any atom is 0.387 e. The zero-order valence-electron chi connectivity index (χ0n) is 12.8. The first kappa shape index (κ1) is 17.7. The number of carbonyl (C=O) groups excluding carboxylic acids is 1. The number of benzene rings is 1. The summed E-state index contributed by atoms with van der Waals surface area (Å²) in [5.41, 5.74) is 0.939. The third-order valence-electron chi connectivity index (χ3n) is 3.04. The fourth-order valence-electron chi connectivity index (χ4n) is 2.14. The molecule has 0 aliphatic rings. The largest absolute Gasteiger partial charge is 0.478 e. The summed E-state index contributed by atoms with van der Waals surface area (Å²) in [5.74, 6) is -2.14. The van der Waals surface area contributed by atoms with Gasteiger partial charge in [-0.15, -0.1) is 0 Å². The standard InChI is InChI=1S/C16H20O6/c1-4-8-21-22-16(20)12-7-6-11(5-2)13(9-10(3)17)14(12)15(18)19/h4,6-8,10,17H,5,9H2,1-3H3,(H,18,19). The summed E-state index contributed by atoms with van der Waals surface area (Å²) < 4.78 is 0. The minimum absolute atomic E-state index is 0.107. The van der Waals surface area contributed by atoms with Gasteiger partial charge in [0.2, 0.25) is 0 Å². The average molecular weight is 308 g/mol. The Bertz CT molecular complexity index is 574. The quantitative estimate of drug-likeness (QED) is 0.457. The summed E-state index contributed by atoms with van der Waals surface area (Å²) in [6, 6.07) is 3.06. The summed E-state index contributed by atoms with van der Waals surface area (Å²) in [7, 11) is 0. The van der Waals surface area contributed by atoms with Crippen LogP contribution in [0.5, 0.6) is 0 Å². The molecule has 0 aromatic heterocycles. The second kappa shape index (κ2) is 8.19. The van der Waals surface area contributed by atoms with Crippen LogP contribution in [0.3, 0.4) is 0 Å². The van der Waals surface area contributed by atoms with Gasteiger partial charge in [0.05, 0.1) is 17.2 Å². The van der Waals surface area contributed by atoms with Crippen molar-refractivity contribution in [3.8, 4) is 0 Å². The molecule has 0 amide bonds. The summed E-state index contributed by atoms with van der Waals surface area (Å²) in [6.07, 6.45) is 2.68. The number of rotatable bonds is 7. The summed E-state index contributed by atoms with van der Waals surface area (Å²) >= 11 is 0. The van der Waals surface area contributed by atoms with Gasteiger partial charge in [0.15, 0.2) is 0 Å². The van der Waals surface area contributed by atoms with Crippen molar-refractivity contribution in [1.29, 1.82) is 0 Å². The predicted octanol–water partition coefficient (Wildman–Crippen LogP) is 2.49. The highest BCUT2D eigenvalue weighted by Crippen LogP contribution is 2.23. The molecule has 120 valence electrons. The lowest BCUT2D eigenvalue weighted by atomic mass is 9.91. The molecule has 0 spiro atoms. The van der Waals surface area contributed by atoms with E-state index in [2.05, 4.69) is 9.78 Å². The molecule has 0 saturated carbocycles. The van der Waals surface area contributed by atoms with E-state index in [1.807, 2.05) is 6.92 Å². The highest BCUT2D eigenvalue weighted by molar-refractivity contribution is 6.03. The van der Waals surface area contributed by atoms with Gasteiger partial charge in [-0.05, 0) is 50.0 Å². The Morgan fingerprint density at radius 2 is 2.05 bits per heavy atom. The molecule has 1 aromatic rings. The molecule has 1 atom stereocenters. The highest BCUT2D eigenvalue weighted by atomic mass is 17.2. The Hall–Kier alpha value is -2.34. The smallest absolute Gasteiger partial charge is 0.387 e. The second-order valence-corrected chi connectivity index (χ2v) is 4.77. The van der Waals surface area contributed by atoms with Crippen molar-refractivity contribution in [2.24, 2.45) is 0 Å². The summed E-state index contributed by atoms with van der Waals surface area (Å²) in [4.78, 5) is 32.6. The number of carboxylic acids is 1. The number of aliphatic hydroxyl groups is 1. The van der Waals surface area contributed by atoms with Gasteiger partial charge in [-0.25, -0.2) is 14.5 Å². The van der Waals surface area contributed by atoms with E-state index in [-0.39, 0.29) is 17.5 Å². The molecule has 0 heterocycles. The van der Waals surface area contributed by atoms with Crippen LogP contribution in [0.4, 0.5) is 0 Å². The number of aliphatic hydroxyl groups excluding tert-OH is 1. The fourth-order valence-corrected chi connectivity index (χ4v) is 2.14. The van der Waals surface area contributed by atoms with Crippen molar-refractivity contribution in [3.05, 3.63) is 46.7 Å². The van der Waals surface area contributed by atoms with Crippen LogP contribution in [-0.2, 0) is 22.6 Å². The van der Waals surface area contributed by atoms with E-state index >= 15 is 0 Å². The number of hydrogen-bond acceptors (Lipinski definition) is 5. The van der Waals surface area contributed by atoms with Crippen LogP contribution in [-0.4, -0.2) is 28.3 Å². The van der Waals surface area contributed by atoms with Gasteiger partial charge in [-0.1, -0.05) is 13.0 Å². The van der Waals surface area contributed by atoms with Gasteiger partial charge in [0, 0.05) is 0 Å². The van der Waals surface area contributed by atoms with Crippen LogP contribution in [0, 0.1) is 0 Å². The molecule has 1 rings (SSSR count). The van der Waals surface area contributed by atoms with Crippen molar-refractivity contribution < 1.29 is 29.6 Å². The molecular weight excluding hydrogens is 288 g/mol. The number of carboxylic acid groups (broad SMARTS) is 1. The normalized spacial score (nSPS) is 12.2. The van der Waals surface area contributed by atoms with Crippen molar-refractivity contribution in [1.82, 2.24) is 0 Å². The van der Waals surface area contributed by atoms with Crippen LogP contribution < -0.4 is 0 Å². The molecule has 0 aliphatic heterocycles. The lowest BCUT2D eigenvalue weighted by Gasteiger charge is -2.15. The van der Waals surface area contributed by atoms with Gasteiger partial charge in [-0.3, -0.25) is 4.89 Å². The fraction of sp³-hybridized carbons (Fsp3) is 0.375. The van der Waals surface area contributed by atoms with Gasteiger partial charge in [-0.2, -0.15) is 0 Å². The molecule has 0 bridgehead atoms. The molecule has 6 nitrogen and oxygen atoms in total. The molecule has 0 saturated heterocycles. The third kappa shape index (κ3) is 4.33. The van der Waals surface area contributed by atoms with Gasteiger partial charge < -0.3 is 10.2 Å². The van der Waals surface area contributed by atoms with Crippen LogP contribution in [0.1, 0.15) is 52.6 Å². The number of aromatic carboxylic acids is 1. The van der Waals surface area contributed by atoms with Crippen molar-refractivity contribution in [2.45, 2.75) is 39.7 Å². The van der Waals surface area contributed by atoms with Crippen molar-refractivity contribution in [2.75, 3.05) is 0 Å². The van der Waals surface area contributed by atoms with Gasteiger partial charge in [0.1, 0.15) is 6.26 Å². The van der Waals surface area contributed by atoms with Gasteiger partial charge in [0.25, 0.3) is 0 Å². The summed E-state index contributed by atoms with van der Waals surface area (Å²) in [5, 5.41) is 19.0. The molecule has 6 heteroatoms. The first-order valence-corrected chi connectivity index (χ1v) is 6.97. The molecule has 1 unspecified atom stereocenters. The Labute approximate surface area is 128 Å². The van der Waals surface area contributed by atoms with Crippen molar-refractivity contribution >= 4 is 11.9 Å². The van der Waals surface area contributed by atoms with Crippen molar-refractivity contribution in [3.63, 3.8) is 0 Å². The topological polar surface area (TPSA) is 93.1 Å². The number of allylic oxidation sites excluding steroid dienone is 1. The monoisotopic (exact) mass is 308 g/mol. The van der Waals surface area contributed by atoms with Gasteiger partial charge >= 0.3 is 11.9 Å². The van der Waals surface area contributed by atoms with E-state index in [1.54, 1.807) is 19.9 Å². The predicted molar refractivity (Wildman–Crippen MR) is 79.5 cm³/mol. The van der Waals surface area contributed by atoms with E-state index in [1.165, 1.54) is 12.1 Å². The van der Waals surface area contributed by atoms with Crippen LogP contribution in [0.2, 0.25) is 0 Å². The first-order chi connectivity index (χ1) is 10.4. The van der Waals surface area contributed by atoms with E-state index in [0.29, 0.717) is 12.0 Å². The number of carbonyl (C=O) groups is 2. The molecule has 22 heavy (non-hydrogen) atoms. The number of hydrogen-bond donors (Lipinski definition) is 2. The average Bonchev–Trinajstić information content (AvgIpc) is 2.45. The Morgan fingerprint density at radius 1 is 1.36 bits per heavy atom. The molecule has 2 N–H and O–H groups in total. The zero-order chi connectivity index (χ0) is 16.7. The van der Waals surface area contributed by atoms with E-state index in [9.17, 15) is 19.8 Å². The van der Waals surface area contributed by atoms with E-state index in [0.717, 1.165) is 11.8 Å². The van der Waals surface area contributed by atoms with Crippen LogP contribution >= 0.6 is 0 Å². The lowest BCUT2D eigenvalue weighted by Crippen LogP contribution is -2.18. The molecule has 0 aliphatic carbocycles. The minimum Gasteiger partial charge on any atom is -0.478 e. The minimum atomic E-state index is -1.25. The Kier molecular flexibility index (Phi) is 6.59. The maximum absolute atomic E-state index is 12.0. The lowest BCUT2D eigenvalue weighted by molar-refractivity contribution is -0.191. The van der Waals surface area contributed by atoms with Crippen LogP contribution in [0.15, 0.2) is 24.5 Å². The third-order valence-corrected chi connectivity index (χ3v) is 3.04.